The number of benzene rings is 2. The highest BCUT2D eigenvalue weighted by Crippen LogP contribution is 2.38. The third kappa shape index (κ3) is 2.68. The van der Waals surface area contributed by atoms with Crippen molar-refractivity contribution in [3.63, 3.8) is 0 Å². The van der Waals surface area contributed by atoms with Gasteiger partial charge in [0.1, 0.15) is 0 Å². The van der Waals surface area contributed by atoms with Gasteiger partial charge in [-0.05, 0) is 24.3 Å². The summed E-state index contributed by atoms with van der Waals surface area (Å²) < 4.78 is 1.98. The number of carbonyl (C=O) groups is 2. The Morgan fingerprint density at radius 1 is 0.966 bits per heavy atom. The first-order valence-electron chi connectivity index (χ1n) is 9.23. The summed E-state index contributed by atoms with van der Waals surface area (Å²) in [6, 6.07) is 13.2. The van der Waals surface area contributed by atoms with E-state index in [4.69, 9.17) is 17.3 Å². The summed E-state index contributed by atoms with van der Waals surface area (Å²) in [5, 5.41) is 4.71. The summed E-state index contributed by atoms with van der Waals surface area (Å²) in [5.74, 6) is -0.821. The van der Waals surface area contributed by atoms with E-state index in [1.54, 1.807) is 12.3 Å². The van der Waals surface area contributed by atoms with E-state index >= 15 is 0 Å². The van der Waals surface area contributed by atoms with Crippen molar-refractivity contribution in [1.82, 2.24) is 14.9 Å². The monoisotopic (exact) mass is 404 g/mol. The Bertz CT molecular complexity index is 1350. The van der Waals surface area contributed by atoms with Gasteiger partial charge < -0.3 is 15.3 Å². The predicted molar refractivity (Wildman–Crippen MR) is 114 cm³/mol. The van der Waals surface area contributed by atoms with Crippen molar-refractivity contribution >= 4 is 56.4 Å². The molecule has 0 saturated carbocycles. The SMILES string of the molecule is NCCn1cc(C2=C(c3c[nH]c4ccccc34)C(=O)NC2=O)c2cc(Cl)ccc21. The minimum Gasteiger partial charge on any atom is -0.361 e. The van der Waals surface area contributed by atoms with E-state index in [1.165, 1.54) is 0 Å². The quantitative estimate of drug-likeness (QED) is 0.455. The number of H-pyrrole nitrogens is 1. The van der Waals surface area contributed by atoms with Crippen molar-refractivity contribution in [3.8, 4) is 0 Å². The number of para-hydroxylation sites is 1. The first kappa shape index (κ1) is 17.7. The van der Waals surface area contributed by atoms with Crippen LogP contribution in [0.2, 0.25) is 5.02 Å². The zero-order valence-corrected chi connectivity index (χ0v) is 16.1. The van der Waals surface area contributed by atoms with E-state index in [0.717, 1.165) is 21.8 Å². The molecule has 7 heteroatoms. The lowest BCUT2D eigenvalue weighted by Crippen LogP contribution is -2.22. The van der Waals surface area contributed by atoms with Crippen LogP contribution < -0.4 is 11.1 Å². The smallest absolute Gasteiger partial charge is 0.259 e. The van der Waals surface area contributed by atoms with Crippen LogP contribution in [0.15, 0.2) is 54.9 Å². The number of carbonyl (C=O) groups excluding carboxylic acids is 2. The average molecular weight is 405 g/mol. The Kier molecular flexibility index (Phi) is 4.04. The molecular formula is C22H17ClN4O2. The van der Waals surface area contributed by atoms with Crippen molar-refractivity contribution in [2.45, 2.75) is 6.54 Å². The highest BCUT2D eigenvalue weighted by atomic mass is 35.5. The van der Waals surface area contributed by atoms with Crippen molar-refractivity contribution in [2.75, 3.05) is 6.54 Å². The Morgan fingerprint density at radius 2 is 1.72 bits per heavy atom. The fourth-order valence-corrected chi connectivity index (χ4v) is 4.21. The molecule has 5 rings (SSSR count). The number of nitrogens with zero attached hydrogens (tertiary/aromatic N) is 1. The maximum atomic E-state index is 12.9. The molecule has 3 heterocycles. The lowest BCUT2D eigenvalue weighted by atomic mass is 9.95. The summed E-state index contributed by atoms with van der Waals surface area (Å²) >= 11 is 6.24. The summed E-state index contributed by atoms with van der Waals surface area (Å²) in [6.07, 6.45) is 3.64. The molecule has 1 aliphatic heterocycles. The van der Waals surface area contributed by atoms with Crippen molar-refractivity contribution in [2.24, 2.45) is 5.73 Å². The molecule has 2 aromatic carbocycles. The Hall–Kier alpha value is -3.35. The molecule has 0 aliphatic carbocycles. The number of halogens is 1. The Morgan fingerprint density at radius 3 is 2.52 bits per heavy atom. The molecule has 0 saturated heterocycles. The number of hydrogen-bond donors (Lipinski definition) is 3. The molecular weight excluding hydrogens is 388 g/mol. The third-order valence-electron chi connectivity index (χ3n) is 5.27. The predicted octanol–water partition coefficient (Wildman–Crippen LogP) is 3.30. The topological polar surface area (TPSA) is 92.9 Å². The fraction of sp³-hybridized carbons (Fsp3) is 0.0909. The highest BCUT2D eigenvalue weighted by Gasteiger charge is 2.35. The number of amides is 2. The number of nitrogens with one attached hydrogen (secondary N) is 2. The number of aromatic nitrogens is 2. The van der Waals surface area contributed by atoms with Crippen LogP contribution in [-0.4, -0.2) is 27.9 Å². The maximum Gasteiger partial charge on any atom is 0.259 e. The third-order valence-corrected chi connectivity index (χ3v) is 5.51. The van der Waals surface area contributed by atoms with Gasteiger partial charge in [-0.25, -0.2) is 0 Å². The Labute approximate surface area is 170 Å². The Balaban J connectivity index is 1.84. The first-order chi connectivity index (χ1) is 14.1. The van der Waals surface area contributed by atoms with Gasteiger partial charge >= 0.3 is 0 Å². The normalized spacial score (nSPS) is 14.4. The molecule has 4 N–H and O–H groups in total. The number of nitrogens with two attached hydrogens (primary N) is 1. The molecule has 4 aromatic rings. The molecule has 144 valence electrons. The summed E-state index contributed by atoms with van der Waals surface area (Å²) in [7, 11) is 0. The minimum atomic E-state index is -0.415. The summed E-state index contributed by atoms with van der Waals surface area (Å²) in [6.45, 7) is 1.04. The van der Waals surface area contributed by atoms with Crippen LogP contribution in [0.1, 0.15) is 11.1 Å². The van der Waals surface area contributed by atoms with Crippen LogP contribution in [0.25, 0.3) is 33.0 Å². The van der Waals surface area contributed by atoms with Gasteiger partial charge in [-0.3, -0.25) is 14.9 Å². The van der Waals surface area contributed by atoms with Gasteiger partial charge in [0, 0.05) is 63.4 Å². The largest absolute Gasteiger partial charge is 0.361 e. The molecule has 29 heavy (non-hydrogen) atoms. The molecule has 0 radical (unpaired) electrons. The van der Waals surface area contributed by atoms with E-state index in [0.29, 0.717) is 40.4 Å². The van der Waals surface area contributed by atoms with Crippen LogP contribution in [0.3, 0.4) is 0 Å². The second-order valence-electron chi connectivity index (χ2n) is 6.97. The van der Waals surface area contributed by atoms with Gasteiger partial charge in [0.15, 0.2) is 0 Å². The molecule has 0 unspecified atom stereocenters. The summed E-state index contributed by atoms with van der Waals surface area (Å²) in [5.41, 5.74) is 9.64. The lowest BCUT2D eigenvalue weighted by Gasteiger charge is -2.03. The standard InChI is InChI=1S/C22H17ClN4O2/c23-12-5-6-18-14(9-12)16(11-27(18)8-7-24)20-19(21(28)26-22(20)29)15-10-25-17-4-2-1-3-13(15)17/h1-6,9-11,25H,7-8,24H2,(H,26,28,29). The highest BCUT2D eigenvalue weighted by molar-refractivity contribution is 6.50. The van der Waals surface area contributed by atoms with Crippen LogP contribution in [-0.2, 0) is 16.1 Å². The van der Waals surface area contributed by atoms with Crippen LogP contribution in [0.5, 0.6) is 0 Å². The number of hydrogen-bond acceptors (Lipinski definition) is 3. The fourth-order valence-electron chi connectivity index (χ4n) is 4.04. The van der Waals surface area contributed by atoms with Gasteiger partial charge in [-0.15, -0.1) is 0 Å². The number of rotatable bonds is 4. The average Bonchev–Trinajstić information content (AvgIpc) is 3.35. The molecule has 1 aliphatic rings. The van der Waals surface area contributed by atoms with Gasteiger partial charge in [-0.1, -0.05) is 29.8 Å². The molecule has 0 fully saturated rings. The van der Waals surface area contributed by atoms with Crippen molar-refractivity contribution < 1.29 is 9.59 Å². The summed E-state index contributed by atoms with van der Waals surface area (Å²) in [4.78, 5) is 28.8. The molecule has 2 aromatic heterocycles. The van der Waals surface area contributed by atoms with Crippen LogP contribution in [0, 0.1) is 0 Å². The van der Waals surface area contributed by atoms with E-state index in [1.807, 2.05) is 47.2 Å². The van der Waals surface area contributed by atoms with Crippen molar-refractivity contribution in [3.05, 3.63) is 71.0 Å². The van der Waals surface area contributed by atoms with E-state index in [9.17, 15) is 9.59 Å². The van der Waals surface area contributed by atoms with E-state index in [2.05, 4.69) is 10.3 Å². The lowest BCUT2D eigenvalue weighted by molar-refractivity contribution is -0.122. The second kappa shape index (κ2) is 6.62. The number of imide groups is 1. The molecule has 0 atom stereocenters. The number of fused-ring (bicyclic) bond motifs is 2. The van der Waals surface area contributed by atoms with E-state index in [-0.39, 0.29) is 0 Å². The zero-order chi connectivity index (χ0) is 20.1. The molecule has 6 nitrogen and oxygen atoms in total. The second-order valence-corrected chi connectivity index (χ2v) is 7.40. The molecule has 2 amide bonds. The minimum absolute atomic E-state index is 0.350. The zero-order valence-electron chi connectivity index (χ0n) is 15.3. The number of aromatic amines is 1. The van der Waals surface area contributed by atoms with Gasteiger partial charge in [0.2, 0.25) is 0 Å². The van der Waals surface area contributed by atoms with Crippen LogP contribution in [0.4, 0.5) is 0 Å². The molecule has 0 spiro atoms. The van der Waals surface area contributed by atoms with Gasteiger partial charge in [0.25, 0.3) is 11.8 Å². The molecule has 0 bridgehead atoms. The van der Waals surface area contributed by atoms with Gasteiger partial charge in [0.05, 0.1) is 11.1 Å². The van der Waals surface area contributed by atoms with E-state index < -0.39 is 11.8 Å². The van der Waals surface area contributed by atoms with Crippen LogP contribution >= 0.6 is 11.6 Å². The van der Waals surface area contributed by atoms with Crippen molar-refractivity contribution in [1.29, 1.82) is 0 Å². The first-order valence-corrected chi connectivity index (χ1v) is 9.61. The maximum absolute atomic E-state index is 12.9. The van der Waals surface area contributed by atoms with Gasteiger partial charge in [-0.2, -0.15) is 0 Å².